The molecule has 19 heavy (non-hydrogen) atoms. The van der Waals surface area contributed by atoms with Crippen molar-refractivity contribution in [1.82, 2.24) is 0 Å². The first-order chi connectivity index (χ1) is 9.25. The SMILES string of the molecule is CC(=O)CC(CCC1CCCCC1)c1ccccc1. The van der Waals surface area contributed by atoms with E-state index < -0.39 is 0 Å². The summed E-state index contributed by atoms with van der Waals surface area (Å²) in [5.74, 6) is 1.66. The number of rotatable bonds is 6. The summed E-state index contributed by atoms with van der Waals surface area (Å²) in [5, 5.41) is 0. The molecule has 1 nitrogen and oxygen atoms in total. The van der Waals surface area contributed by atoms with Gasteiger partial charge in [-0.15, -0.1) is 0 Å². The van der Waals surface area contributed by atoms with E-state index in [1.54, 1.807) is 6.92 Å². The molecule has 0 aliphatic heterocycles. The van der Waals surface area contributed by atoms with Gasteiger partial charge in [-0.3, -0.25) is 0 Å². The molecule has 1 aliphatic rings. The van der Waals surface area contributed by atoms with Crippen LogP contribution >= 0.6 is 0 Å². The molecule has 0 radical (unpaired) electrons. The molecular weight excluding hydrogens is 232 g/mol. The van der Waals surface area contributed by atoms with Crippen LogP contribution in [0.15, 0.2) is 30.3 Å². The third-order valence-electron chi connectivity index (χ3n) is 4.45. The summed E-state index contributed by atoms with van der Waals surface area (Å²) in [6.07, 6.45) is 10.2. The van der Waals surface area contributed by atoms with E-state index in [9.17, 15) is 4.79 Å². The molecule has 1 aromatic rings. The molecule has 1 atom stereocenters. The van der Waals surface area contributed by atoms with Crippen LogP contribution in [0.3, 0.4) is 0 Å². The van der Waals surface area contributed by atoms with Gasteiger partial charge >= 0.3 is 0 Å². The Morgan fingerprint density at radius 1 is 1.16 bits per heavy atom. The largest absolute Gasteiger partial charge is 0.300 e. The fraction of sp³-hybridized carbons (Fsp3) is 0.611. The van der Waals surface area contributed by atoms with Crippen LogP contribution in [0.25, 0.3) is 0 Å². The second kappa shape index (κ2) is 7.47. The van der Waals surface area contributed by atoms with Gasteiger partial charge in [0.05, 0.1) is 0 Å². The van der Waals surface area contributed by atoms with E-state index in [4.69, 9.17) is 0 Å². The van der Waals surface area contributed by atoms with Crippen LogP contribution < -0.4 is 0 Å². The Hall–Kier alpha value is -1.11. The van der Waals surface area contributed by atoms with Gasteiger partial charge in [0.2, 0.25) is 0 Å². The van der Waals surface area contributed by atoms with E-state index in [0.717, 1.165) is 5.92 Å². The lowest BCUT2D eigenvalue weighted by Crippen LogP contribution is -2.10. The molecule has 0 aromatic heterocycles. The number of carbonyl (C=O) groups excluding carboxylic acids is 1. The topological polar surface area (TPSA) is 17.1 Å². The normalized spacial score (nSPS) is 18.2. The highest BCUT2D eigenvalue weighted by Gasteiger charge is 2.18. The van der Waals surface area contributed by atoms with E-state index in [-0.39, 0.29) is 0 Å². The Kier molecular flexibility index (Phi) is 5.62. The minimum Gasteiger partial charge on any atom is -0.300 e. The molecule has 1 fully saturated rings. The molecule has 0 amide bonds. The summed E-state index contributed by atoms with van der Waals surface area (Å²) in [6.45, 7) is 1.72. The molecule has 0 heterocycles. The first kappa shape index (κ1) is 14.3. The summed E-state index contributed by atoms with van der Waals surface area (Å²) < 4.78 is 0. The first-order valence-corrected chi connectivity index (χ1v) is 7.80. The number of benzene rings is 1. The predicted molar refractivity (Wildman–Crippen MR) is 80.3 cm³/mol. The highest BCUT2D eigenvalue weighted by molar-refractivity contribution is 5.76. The Labute approximate surface area is 117 Å². The van der Waals surface area contributed by atoms with Crippen molar-refractivity contribution in [1.29, 1.82) is 0 Å². The molecule has 1 saturated carbocycles. The lowest BCUT2D eigenvalue weighted by molar-refractivity contribution is -0.117. The summed E-state index contributed by atoms with van der Waals surface area (Å²) in [4.78, 5) is 11.5. The van der Waals surface area contributed by atoms with Gasteiger partial charge in [-0.2, -0.15) is 0 Å². The van der Waals surface area contributed by atoms with Crippen LogP contribution in [0.1, 0.15) is 69.8 Å². The maximum absolute atomic E-state index is 11.5. The van der Waals surface area contributed by atoms with Crippen LogP contribution in [-0.2, 0) is 4.79 Å². The molecule has 1 unspecified atom stereocenters. The monoisotopic (exact) mass is 258 g/mol. The quantitative estimate of drug-likeness (QED) is 0.693. The van der Waals surface area contributed by atoms with Gasteiger partial charge < -0.3 is 4.79 Å². The minimum absolute atomic E-state index is 0.317. The summed E-state index contributed by atoms with van der Waals surface area (Å²) in [5.41, 5.74) is 1.34. The lowest BCUT2D eigenvalue weighted by atomic mass is 9.81. The van der Waals surface area contributed by atoms with E-state index in [1.165, 1.54) is 50.5 Å². The van der Waals surface area contributed by atoms with Crippen LogP contribution in [0, 0.1) is 5.92 Å². The Bertz CT molecular complexity index is 376. The van der Waals surface area contributed by atoms with Gasteiger partial charge in [0.15, 0.2) is 0 Å². The smallest absolute Gasteiger partial charge is 0.130 e. The zero-order chi connectivity index (χ0) is 13.5. The van der Waals surface area contributed by atoms with Crippen LogP contribution in [0.5, 0.6) is 0 Å². The predicted octanol–water partition coefficient (Wildman–Crippen LogP) is 5.11. The lowest BCUT2D eigenvalue weighted by Gasteiger charge is -2.24. The van der Waals surface area contributed by atoms with Crippen molar-refractivity contribution in [3.05, 3.63) is 35.9 Å². The van der Waals surface area contributed by atoms with E-state index in [1.807, 2.05) is 0 Å². The molecule has 1 aliphatic carbocycles. The van der Waals surface area contributed by atoms with E-state index in [2.05, 4.69) is 30.3 Å². The third kappa shape index (κ3) is 4.81. The summed E-state index contributed by atoms with van der Waals surface area (Å²) in [6, 6.07) is 10.6. The molecule has 1 aromatic carbocycles. The summed E-state index contributed by atoms with van der Waals surface area (Å²) >= 11 is 0. The van der Waals surface area contributed by atoms with Crippen molar-refractivity contribution in [2.24, 2.45) is 5.92 Å². The van der Waals surface area contributed by atoms with E-state index >= 15 is 0 Å². The highest BCUT2D eigenvalue weighted by Crippen LogP contribution is 2.32. The van der Waals surface area contributed by atoms with Gasteiger partial charge in [0.25, 0.3) is 0 Å². The second-order valence-corrected chi connectivity index (χ2v) is 6.10. The van der Waals surface area contributed by atoms with Crippen LogP contribution in [0.2, 0.25) is 0 Å². The maximum atomic E-state index is 11.5. The van der Waals surface area contributed by atoms with Crippen molar-refractivity contribution in [3.8, 4) is 0 Å². The first-order valence-electron chi connectivity index (χ1n) is 7.80. The fourth-order valence-electron chi connectivity index (χ4n) is 3.37. The molecule has 0 saturated heterocycles. The number of hydrogen-bond acceptors (Lipinski definition) is 1. The average Bonchev–Trinajstić information content (AvgIpc) is 2.45. The number of carbonyl (C=O) groups is 1. The minimum atomic E-state index is 0.317. The maximum Gasteiger partial charge on any atom is 0.130 e. The average molecular weight is 258 g/mol. The molecule has 104 valence electrons. The standard InChI is InChI=1S/C18H26O/c1-15(19)14-18(17-10-6-3-7-11-17)13-12-16-8-4-2-5-9-16/h3,6-7,10-11,16,18H,2,4-5,8-9,12-14H2,1H3. The van der Waals surface area contributed by atoms with Crippen molar-refractivity contribution >= 4 is 5.78 Å². The molecule has 2 rings (SSSR count). The van der Waals surface area contributed by atoms with Gasteiger partial charge in [0, 0.05) is 6.42 Å². The van der Waals surface area contributed by atoms with Crippen molar-refractivity contribution < 1.29 is 4.79 Å². The van der Waals surface area contributed by atoms with Gasteiger partial charge in [0.1, 0.15) is 5.78 Å². The Morgan fingerprint density at radius 2 is 1.84 bits per heavy atom. The van der Waals surface area contributed by atoms with Crippen molar-refractivity contribution in [2.45, 2.75) is 64.2 Å². The van der Waals surface area contributed by atoms with E-state index in [0.29, 0.717) is 18.1 Å². The zero-order valence-corrected chi connectivity index (χ0v) is 12.1. The number of ketones is 1. The van der Waals surface area contributed by atoms with Crippen LogP contribution in [-0.4, -0.2) is 5.78 Å². The number of Topliss-reactive ketones (excluding diaryl/α,β-unsaturated/α-hetero) is 1. The Balaban J connectivity index is 1.92. The molecule has 1 heteroatoms. The zero-order valence-electron chi connectivity index (χ0n) is 12.1. The molecule has 0 spiro atoms. The van der Waals surface area contributed by atoms with Crippen LogP contribution in [0.4, 0.5) is 0 Å². The molecular formula is C18H26O. The second-order valence-electron chi connectivity index (χ2n) is 6.10. The van der Waals surface area contributed by atoms with Gasteiger partial charge in [-0.1, -0.05) is 62.4 Å². The highest BCUT2D eigenvalue weighted by atomic mass is 16.1. The van der Waals surface area contributed by atoms with Gasteiger partial charge in [-0.25, -0.2) is 0 Å². The van der Waals surface area contributed by atoms with Crippen molar-refractivity contribution in [2.75, 3.05) is 0 Å². The third-order valence-corrected chi connectivity index (χ3v) is 4.45. The fourth-order valence-corrected chi connectivity index (χ4v) is 3.37. The molecule has 0 N–H and O–H groups in total. The summed E-state index contributed by atoms with van der Waals surface area (Å²) in [7, 11) is 0. The number of hydrogen-bond donors (Lipinski definition) is 0. The van der Waals surface area contributed by atoms with Gasteiger partial charge in [-0.05, 0) is 37.2 Å². The molecule has 0 bridgehead atoms. The van der Waals surface area contributed by atoms with Crippen molar-refractivity contribution in [3.63, 3.8) is 0 Å². The Morgan fingerprint density at radius 3 is 2.47 bits per heavy atom.